The van der Waals surface area contributed by atoms with E-state index >= 15 is 0 Å². The minimum atomic E-state index is -0.150. The van der Waals surface area contributed by atoms with Gasteiger partial charge in [0.05, 0.1) is 22.9 Å². The molecule has 31 heavy (non-hydrogen) atoms. The second-order valence-electron chi connectivity index (χ2n) is 8.01. The third kappa shape index (κ3) is 3.64. The number of aryl methyl sites for hydroxylation is 1. The van der Waals surface area contributed by atoms with Gasteiger partial charge in [0.1, 0.15) is 11.4 Å². The van der Waals surface area contributed by atoms with Gasteiger partial charge in [-0.1, -0.05) is 11.6 Å². The molecular formula is C24H22N4O3. The number of aromatic amines is 1. The lowest BCUT2D eigenvalue weighted by Crippen LogP contribution is -2.36. The van der Waals surface area contributed by atoms with E-state index in [2.05, 4.69) is 14.9 Å². The zero-order chi connectivity index (χ0) is 21.5. The zero-order valence-corrected chi connectivity index (χ0v) is 17.1. The molecule has 0 unspecified atom stereocenters. The topological polar surface area (TPSA) is 105 Å². The molecule has 2 aromatic carbocycles. The first-order chi connectivity index (χ1) is 15.0. The van der Waals surface area contributed by atoms with Crippen molar-refractivity contribution in [3.8, 4) is 11.4 Å². The van der Waals surface area contributed by atoms with Gasteiger partial charge in [-0.2, -0.15) is 0 Å². The van der Waals surface area contributed by atoms with Crippen LogP contribution in [0.3, 0.4) is 0 Å². The molecule has 0 radical (unpaired) electrons. The molecule has 1 aliphatic heterocycles. The van der Waals surface area contributed by atoms with Gasteiger partial charge in [-0.3, -0.25) is 14.5 Å². The molecule has 0 fully saturated rings. The summed E-state index contributed by atoms with van der Waals surface area (Å²) in [6.07, 6.45) is 2.17. The van der Waals surface area contributed by atoms with Crippen LogP contribution in [0.5, 0.6) is 0 Å². The van der Waals surface area contributed by atoms with Crippen LogP contribution in [-0.2, 0) is 19.5 Å². The number of fused-ring (bicyclic) bond motifs is 2. The van der Waals surface area contributed by atoms with Crippen molar-refractivity contribution in [2.45, 2.75) is 26.4 Å². The van der Waals surface area contributed by atoms with Crippen LogP contribution in [0, 0.1) is 6.92 Å². The maximum Gasteiger partial charge on any atom is 0.255 e. The van der Waals surface area contributed by atoms with Gasteiger partial charge in [0.15, 0.2) is 5.43 Å². The van der Waals surface area contributed by atoms with Crippen LogP contribution < -0.4 is 16.7 Å². The molecule has 0 saturated carbocycles. The highest BCUT2D eigenvalue weighted by Gasteiger charge is 2.22. The Labute approximate surface area is 178 Å². The Balaban J connectivity index is 1.42. The number of nitrogen functional groups attached to an aromatic ring is 1. The Morgan fingerprint density at radius 1 is 1.16 bits per heavy atom. The van der Waals surface area contributed by atoms with Crippen molar-refractivity contribution < 1.29 is 4.42 Å². The molecule has 156 valence electrons. The van der Waals surface area contributed by atoms with E-state index in [4.69, 9.17) is 10.2 Å². The number of anilines is 1. The molecule has 3 heterocycles. The maximum absolute atomic E-state index is 12.9. The number of H-pyrrole nitrogens is 1. The Kier molecular flexibility index (Phi) is 4.67. The first kappa shape index (κ1) is 19.3. The number of rotatable bonds is 3. The van der Waals surface area contributed by atoms with Crippen molar-refractivity contribution in [3.63, 3.8) is 0 Å². The van der Waals surface area contributed by atoms with Gasteiger partial charge >= 0.3 is 0 Å². The molecule has 0 atom stereocenters. The van der Waals surface area contributed by atoms with Gasteiger partial charge in [-0.25, -0.2) is 4.98 Å². The van der Waals surface area contributed by atoms with Crippen molar-refractivity contribution in [1.29, 1.82) is 0 Å². The predicted molar refractivity (Wildman–Crippen MR) is 120 cm³/mol. The standard InChI is InChI=1S/C24H22N4O3/c1-14-2-7-21-18(10-14)22(29)16(13-31-21)11-28-9-8-20-19(12-28)24(30)27-23(26-20)15-3-5-17(25)6-4-15/h2-7,10,13H,8-9,11-12,25H2,1H3,(H,26,27,30). The second kappa shape index (κ2) is 7.52. The zero-order valence-electron chi connectivity index (χ0n) is 17.1. The van der Waals surface area contributed by atoms with Crippen molar-refractivity contribution in [2.24, 2.45) is 0 Å². The van der Waals surface area contributed by atoms with Crippen molar-refractivity contribution in [1.82, 2.24) is 14.9 Å². The van der Waals surface area contributed by atoms with E-state index in [9.17, 15) is 9.59 Å². The number of nitrogens with one attached hydrogen (secondary N) is 1. The summed E-state index contributed by atoms with van der Waals surface area (Å²) in [7, 11) is 0. The molecule has 7 heteroatoms. The summed E-state index contributed by atoms with van der Waals surface area (Å²) in [6, 6.07) is 12.8. The van der Waals surface area contributed by atoms with Crippen LogP contribution in [0.4, 0.5) is 5.69 Å². The van der Waals surface area contributed by atoms with Crippen LogP contribution in [0.15, 0.2) is 62.7 Å². The Bertz CT molecular complexity index is 1400. The molecule has 0 bridgehead atoms. The number of benzene rings is 2. The Morgan fingerprint density at radius 2 is 1.97 bits per heavy atom. The van der Waals surface area contributed by atoms with Crippen LogP contribution in [-0.4, -0.2) is 21.4 Å². The second-order valence-corrected chi connectivity index (χ2v) is 8.01. The van der Waals surface area contributed by atoms with Crippen LogP contribution in [0.2, 0.25) is 0 Å². The highest BCUT2D eigenvalue weighted by molar-refractivity contribution is 5.77. The molecule has 4 aromatic rings. The fourth-order valence-corrected chi connectivity index (χ4v) is 4.03. The van der Waals surface area contributed by atoms with Crippen molar-refractivity contribution >= 4 is 16.7 Å². The molecule has 0 saturated heterocycles. The monoisotopic (exact) mass is 414 g/mol. The fourth-order valence-electron chi connectivity index (χ4n) is 4.03. The summed E-state index contributed by atoms with van der Waals surface area (Å²) >= 11 is 0. The molecule has 7 nitrogen and oxygen atoms in total. The van der Waals surface area contributed by atoms with E-state index in [1.807, 2.05) is 37.3 Å². The normalized spacial score (nSPS) is 14.0. The van der Waals surface area contributed by atoms with Gasteiger partial charge in [-0.05, 0) is 43.3 Å². The predicted octanol–water partition coefficient (Wildman–Crippen LogP) is 2.99. The number of hydrogen-bond acceptors (Lipinski definition) is 6. The van der Waals surface area contributed by atoms with Crippen LogP contribution >= 0.6 is 0 Å². The van der Waals surface area contributed by atoms with Gasteiger partial charge in [0, 0.05) is 42.9 Å². The number of aromatic nitrogens is 2. The number of hydrogen-bond donors (Lipinski definition) is 2. The summed E-state index contributed by atoms with van der Waals surface area (Å²) in [4.78, 5) is 35.3. The summed E-state index contributed by atoms with van der Waals surface area (Å²) in [6.45, 7) is 3.51. The van der Waals surface area contributed by atoms with Crippen molar-refractivity contribution in [3.05, 3.63) is 91.7 Å². The molecule has 3 N–H and O–H groups in total. The van der Waals surface area contributed by atoms with E-state index in [0.29, 0.717) is 59.7 Å². The summed E-state index contributed by atoms with van der Waals surface area (Å²) < 4.78 is 5.67. The van der Waals surface area contributed by atoms with E-state index in [1.54, 1.807) is 12.1 Å². The third-order valence-corrected chi connectivity index (χ3v) is 5.73. The third-order valence-electron chi connectivity index (χ3n) is 5.73. The van der Waals surface area contributed by atoms with Crippen LogP contribution in [0.1, 0.15) is 22.4 Å². The van der Waals surface area contributed by atoms with Crippen LogP contribution in [0.25, 0.3) is 22.4 Å². The number of nitrogens with two attached hydrogens (primary N) is 1. The summed E-state index contributed by atoms with van der Waals surface area (Å²) in [5, 5.41) is 0.586. The molecule has 0 spiro atoms. The average Bonchev–Trinajstić information content (AvgIpc) is 2.77. The minimum absolute atomic E-state index is 0.0264. The SMILES string of the molecule is Cc1ccc2occ(CN3CCc4nc(-c5ccc(N)cc5)[nH]c(=O)c4C3)c(=O)c2c1. The first-order valence-electron chi connectivity index (χ1n) is 10.2. The lowest BCUT2D eigenvalue weighted by molar-refractivity contribution is 0.239. The lowest BCUT2D eigenvalue weighted by Gasteiger charge is -2.27. The van der Waals surface area contributed by atoms with Crippen molar-refractivity contribution in [2.75, 3.05) is 12.3 Å². The quantitative estimate of drug-likeness (QED) is 0.499. The smallest absolute Gasteiger partial charge is 0.255 e. The van der Waals surface area contributed by atoms with Gasteiger partial charge < -0.3 is 15.1 Å². The van der Waals surface area contributed by atoms with E-state index in [1.165, 1.54) is 6.26 Å². The molecule has 0 amide bonds. The molecule has 0 aliphatic carbocycles. The maximum atomic E-state index is 12.9. The highest BCUT2D eigenvalue weighted by Crippen LogP contribution is 2.21. The highest BCUT2D eigenvalue weighted by atomic mass is 16.3. The minimum Gasteiger partial charge on any atom is -0.464 e. The van der Waals surface area contributed by atoms with Gasteiger partial charge in [-0.15, -0.1) is 0 Å². The molecule has 2 aromatic heterocycles. The van der Waals surface area contributed by atoms with Gasteiger partial charge in [0.2, 0.25) is 0 Å². The fraction of sp³-hybridized carbons (Fsp3) is 0.208. The Morgan fingerprint density at radius 3 is 2.77 bits per heavy atom. The van der Waals surface area contributed by atoms with E-state index in [0.717, 1.165) is 16.8 Å². The van der Waals surface area contributed by atoms with E-state index < -0.39 is 0 Å². The number of nitrogens with zero attached hydrogens (tertiary/aromatic N) is 2. The summed E-state index contributed by atoms with van der Waals surface area (Å²) in [5.74, 6) is 0.544. The largest absolute Gasteiger partial charge is 0.464 e. The Hall–Kier alpha value is -3.71. The summed E-state index contributed by atoms with van der Waals surface area (Å²) in [5.41, 5.74) is 10.7. The molecule has 1 aliphatic rings. The first-order valence-corrected chi connectivity index (χ1v) is 10.2. The molecule has 5 rings (SSSR count). The lowest BCUT2D eigenvalue weighted by atomic mass is 10.0. The van der Waals surface area contributed by atoms with Gasteiger partial charge in [0.25, 0.3) is 5.56 Å². The van der Waals surface area contributed by atoms with E-state index in [-0.39, 0.29) is 11.0 Å². The molecular weight excluding hydrogens is 392 g/mol. The average molecular weight is 414 g/mol.